The van der Waals surface area contributed by atoms with E-state index in [-0.39, 0.29) is 11.6 Å². The van der Waals surface area contributed by atoms with Gasteiger partial charge in [0.2, 0.25) is 5.91 Å². The second kappa shape index (κ2) is 7.58. The second-order valence-electron chi connectivity index (χ2n) is 7.86. The average Bonchev–Trinajstić information content (AvgIpc) is 3.30. The van der Waals surface area contributed by atoms with Gasteiger partial charge in [-0.2, -0.15) is 0 Å². The molecule has 2 fully saturated rings. The molecule has 5 rings (SSSR count). The van der Waals surface area contributed by atoms with E-state index in [1.165, 1.54) is 17.0 Å². The molecule has 0 saturated carbocycles. The molecule has 0 radical (unpaired) electrons. The van der Waals surface area contributed by atoms with Crippen molar-refractivity contribution >= 4 is 28.9 Å². The molecule has 2 heterocycles. The summed E-state index contributed by atoms with van der Waals surface area (Å²) in [6, 6.07) is 21.8. The largest absolute Gasteiger partial charge is 0.273 e. The quantitative estimate of drug-likeness (QED) is 0.354. The molecule has 160 valence electrons. The van der Waals surface area contributed by atoms with E-state index < -0.39 is 28.9 Å². The lowest BCUT2D eigenvalue weighted by atomic mass is 9.90. The number of hydroxylamine groups is 1. The minimum absolute atomic E-state index is 0.0503. The number of rotatable bonds is 4. The van der Waals surface area contributed by atoms with Crippen molar-refractivity contribution in [2.75, 3.05) is 9.96 Å². The number of nitrogens with zero attached hydrogens (tertiary/aromatic N) is 3. The Kier molecular flexibility index (Phi) is 4.71. The van der Waals surface area contributed by atoms with Crippen molar-refractivity contribution in [3.05, 3.63) is 100 Å². The standard InChI is InChI=1S/C24H19N3O5/c1-15-6-5-9-19(14-15)25-23(28)20-21(16-10-12-18(13-11-16)27(30)31)26(32-22(20)24(25)29)17-7-3-2-4-8-17/h2-14,20-22H,1H3/t20-,21+,22-/m1/s1. The van der Waals surface area contributed by atoms with Gasteiger partial charge in [-0.25, -0.2) is 9.96 Å². The number of hydrogen-bond donors (Lipinski definition) is 0. The lowest BCUT2D eigenvalue weighted by Crippen LogP contribution is -2.37. The van der Waals surface area contributed by atoms with E-state index in [9.17, 15) is 19.7 Å². The van der Waals surface area contributed by atoms with Crippen LogP contribution in [-0.2, 0) is 14.4 Å². The fourth-order valence-corrected chi connectivity index (χ4v) is 4.37. The molecule has 32 heavy (non-hydrogen) atoms. The summed E-state index contributed by atoms with van der Waals surface area (Å²) < 4.78 is 0. The highest BCUT2D eigenvalue weighted by Crippen LogP contribution is 2.47. The monoisotopic (exact) mass is 429 g/mol. The first-order chi connectivity index (χ1) is 15.5. The highest BCUT2D eigenvalue weighted by Gasteiger charge is 2.60. The first-order valence-corrected chi connectivity index (χ1v) is 10.2. The topological polar surface area (TPSA) is 93.0 Å². The Balaban J connectivity index is 1.58. The van der Waals surface area contributed by atoms with Crippen molar-refractivity contribution in [1.82, 2.24) is 0 Å². The Morgan fingerprint density at radius 2 is 1.56 bits per heavy atom. The lowest BCUT2D eigenvalue weighted by molar-refractivity contribution is -0.384. The van der Waals surface area contributed by atoms with Gasteiger partial charge in [0.25, 0.3) is 11.6 Å². The summed E-state index contributed by atoms with van der Waals surface area (Å²) in [4.78, 5) is 44.7. The molecule has 2 saturated heterocycles. The number of carbonyl (C=O) groups excluding carboxylic acids is 2. The Hall–Kier alpha value is -4.04. The molecule has 3 aromatic rings. The zero-order valence-electron chi connectivity index (χ0n) is 17.1. The van der Waals surface area contributed by atoms with Crippen LogP contribution in [0.1, 0.15) is 17.2 Å². The predicted molar refractivity (Wildman–Crippen MR) is 117 cm³/mol. The number of para-hydroxylation sites is 1. The van der Waals surface area contributed by atoms with Gasteiger partial charge in [0.15, 0.2) is 6.10 Å². The number of anilines is 2. The van der Waals surface area contributed by atoms with E-state index in [2.05, 4.69) is 0 Å². The summed E-state index contributed by atoms with van der Waals surface area (Å²) in [7, 11) is 0. The maximum atomic E-state index is 13.5. The van der Waals surface area contributed by atoms with Gasteiger partial charge in [-0.15, -0.1) is 0 Å². The molecule has 8 heteroatoms. The maximum Gasteiger partial charge on any atom is 0.269 e. The summed E-state index contributed by atoms with van der Waals surface area (Å²) in [5.74, 6) is -1.56. The number of non-ortho nitro benzene ring substituents is 1. The fourth-order valence-electron chi connectivity index (χ4n) is 4.37. The maximum absolute atomic E-state index is 13.5. The van der Waals surface area contributed by atoms with Crippen molar-refractivity contribution < 1.29 is 19.3 Å². The summed E-state index contributed by atoms with van der Waals surface area (Å²) in [5, 5.41) is 12.7. The van der Waals surface area contributed by atoms with Crippen LogP contribution >= 0.6 is 0 Å². The van der Waals surface area contributed by atoms with Gasteiger partial charge in [-0.1, -0.05) is 42.5 Å². The molecular weight excluding hydrogens is 410 g/mol. The number of nitro groups is 1. The zero-order chi connectivity index (χ0) is 22.4. The van der Waals surface area contributed by atoms with Crippen LogP contribution in [0.2, 0.25) is 0 Å². The summed E-state index contributed by atoms with van der Waals surface area (Å²) in [6.45, 7) is 1.89. The van der Waals surface area contributed by atoms with Crippen LogP contribution in [0, 0.1) is 23.0 Å². The molecule has 3 aromatic carbocycles. The molecule has 2 amide bonds. The highest BCUT2D eigenvalue weighted by molar-refractivity contribution is 6.23. The summed E-state index contributed by atoms with van der Waals surface area (Å²) in [5.41, 5.74) is 2.73. The van der Waals surface area contributed by atoms with Gasteiger partial charge < -0.3 is 0 Å². The van der Waals surface area contributed by atoms with Gasteiger partial charge in [-0.05, 0) is 42.3 Å². The molecule has 0 aromatic heterocycles. The van der Waals surface area contributed by atoms with E-state index in [0.717, 1.165) is 5.56 Å². The smallest absolute Gasteiger partial charge is 0.269 e. The SMILES string of the molecule is Cc1cccc(N2C(=O)[C@H]3[C@@H](ON(c4ccccc4)[C@H]3c3ccc([N+](=O)[O-])cc3)C2=O)c1. The molecule has 8 nitrogen and oxygen atoms in total. The number of fused-ring (bicyclic) bond motifs is 1. The van der Waals surface area contributed by atoms with E-state index in [4.69, 9.17) is 4.84 Å². The number of hydrogen-bond acceptors (Lipinski definition) is 6. The molecule has 0 spiro atoms. The number of imide groups is 1. The molecule has 2 aliphatic heterocycles. The van der Waals surface area contributed by atoms with Crippen molar-refractivity contribution in [2.45, 2.75) is 19.1 Å². The Bertz CT molecular complexity index is 1210. The number of carbonyl (C=O) groups is 2. The molecule has 2 aliphatic rings. The van der Waals surface area contributed by atoms with Crippen LogP contribution in [0.15, 0.2) is 78.9 Å². The van der Waals surface area contributed by atoms with E-state index in [1.807, 2.05) is 43.3 Å². The number of amides is 2. The Morgan fingerprint density at radius 1 is 0.875 bits per heavy atom. The van der Waals surface area contributed by atoms with Crippen molar-refractivity contribution in [2.24, 2.45) is 5.92 Å². The van der Waals surface area contributed by atoms with E-state index in [1.54, 1.807) is 35.4 Å². The van der Waals surface area contributed by atoms with Crippen LogP contribution in [0.25, 0.3) is 0 Å². The van der Waals surface area contributed by atoms with Crippen molar-refractivity contribution in [3.8, 4) is 0 Å². The summed E-state index contributed by atoms with van der Waals surface area (Å²) >= 11 is 0. The van der Waals surface area contributed by atoms with Crippen molar-refractivity contribution in [1.29, 1.82) is 0 Å². The summed E-state index contributed by atoms with van der Waals surface area (Å²) in [6.07, 6.45) is -0.983. The third-order valence-corrected chi connectivity index (χ3v) is 5.83. The van der Waals surface area contributed by atoms with Crippen LogP contribution in [0.4, 0.5) is 17.1 Å². The van der Waals surface area contributed by atoms with E-state index in [0.29, 0.717) is 16.9 Å². The normalized spacial score (nSPS) is 22.3. The van der Waals surface area contributed by atoms with Gasteiger partial charge in [0, 0.05) is 12.1 Å². The molecule has 3 atom stereocenters. The third-order valence-electron chi connectivity index (χ3n) is 5.83. The highest BCUT2D eigenvalue weighted by atomic mass is 16.7. The van der Waals surface area contributed by atoms with Crippen LogP contribution in [-0.4, -0.2) is 22.8 Å². The second-order valence-corrected chi connectivity index (χ2v) is 7.86. The van der Waals surface area contributed by atoms with Gasteiger partial charge >= 0.3 is 0 Å². The van der Waals surface area contributed by atoms with Crippen LogP contribution < -0.4 is 9.96 Å². The van der Waals surface area contributed by atoms with Crippen LogP contribution in [0.5, 0.6) is 0 Å². The van der Waals surface area contributed by atoms with Gasteiger partial charge in [0.1, 0.15) is 5.92 Å². The third kappa shape index (κ3) is 3.12. The Labute approximate surface area is 183 Å². The molecular formula is C24H19N3O5. The molecule has 0 unspecified atom stereocenters. The molecule has 0 N–H and O–H groups in total. The predicted octanol–water partition coefficient (Wildman–Crippen LogP) is 3.95. The molecule has 0 aliphatic carbocycles. The fraction of sp³-hybridized carbons (Fsp3) is 0.167. The first kappa shape index (κ1) is 19.9. The van der Waals surface area contributed by atoms with Gasteiger partial charge in [0.05, 0.1) is 22.3 Å². The van der Waals surface area contributed by atoms with Crippen molar-refractivity contribution in [3.63, 3.8) is 0 Å². The van der Waals surface area contributed by atoms with E-state index >= 15 is 0 Å². The minimum atomic E-state index is -0.983. The van der Waals surface area contributed by atoms with Gasteiger partial charge in [-0.3, -0.25) is 24.5 Å². The number of benzene rings is 3. The van der Waals surface area contributed by atoms with Crippen LogP contribution in [0.3, 0.4) is 0 Å². The average molecular weight is 429 g/mol. The Morgan fingerprint density at radius 3 is 2.22 bits per heavy atom. The minimum Gasteiger partial charge on any atom is -0.273 e. The lowest BCUT2D eigenvalue weighted by Gasteiger charge is -2.28. The zero-order valence-corrected chi connectivity index (χ0v) is 17.1. The molecule has 0 bridgehead atoms. The number of nitro benzene ring substituents is 1. The number of aryl methyl sites for hydroxylation is 1. The first-order valence-electron chi connectivity index (χ1n) is 10.2.